The molecule has 0 aliphatic carbocycles. The fraction of sp³-hybridized carbons (Fsp3) is 0.500. The first kappa shape index (κ1) is 25.2. The summed E-state index contributed by atoms with van der Waals surface area (Å²) in [6.45, 7) is -0.390. The van der Waals surface area contributed by atoms with E-state index in [1.807, 2.05) is 0 Å². The van der Waals surface area contributed by atoms with Crippen LogP contribution < -0.4 is 5.73 Å². The molecule has 4 atom stereocenters. The Kier molecular flexibility index (Phi) is 8.50. The molecule has 3 heterocycles. The van der Waals surface area contributed by atoms with Crippen molar-refractivity contribution >= 4 is 35.2 Å². The van der Waals surface area contributed by atoms with Gasteiger partial charge >= 0.3 is 18.2 Å². The number of aliphatic hydroxyl groups excluding tert-OH is 3. The topological polar surface area (TPSA) is 292 Å². The molecule has 0 saturated carbocycles. The van der Waals surface area contributed by atoms with E-state index in [2.05, 4.69) is 15.0 Å². The van der Waals surface area contributed by atoms with Crippen LogP contribution >= 0.6 is 7.82 Å². The molecule has 3 rings (SSSR count). The molecular formula is C10H18N5O12PS. The van der Waals surface area contributed by atoms with E-state index >= 15 is 0 Å². The van der Waals surface area contributed by atoms with Crippen LogP contribution in [0.1, 0.15) is 6.23 Å². The lowest BCUT2D eigenvalue weighted by Crippen LogP contribution is -2.33. The van der Waals surface area contributed by atoms with Crippen LogP contribution in [0.25, 0.3) is 11.2 Å². The fourth-order valence-corrected chi connectivity index (χ4v) is 2.17. The molecule has 0 unspecified atom stereocenters. The number of imidazole rings is 1. The quantitative estimate of drug-likeness (QED) is 0.154. The second-order valence-corrected chi connectivity index (χ2v) is 7.20. The highest BCUT2D eigenvalue weighted by atomic mass is 32.3. The first-order valence-electron chi connectivity index (χ1n) is 7.17. The summed E-state index contributed by atoms with van der Waals surface area (Å²) in [6, 6.07) is 0. The van der Waals surface area contributed by atoms with Gasteiger partial charge in [-0.15, -0.1) is 0 Å². The van der Waals surface area contributed by atoms with E-state index < -0.39 is 49.4 Å². The molecule has 2 aromatic rings. The number of rotatable bonds is 2. The number of nitrogens with zero attached hydrogens (tertiary/aromatic N) is 4. The molecule has 17 nitrogen and oxygen atoms in total. The maximum absolute atomic E-state index is 9.95. The summed E-state index contributed by atoms with van der Waals surface area (Å²) in [4.78, 5) is 33.5. The van der Waals surface area contributed by atoms with Crippen molar-refractivity contribution in [1.82, 2.24) is 19.5 Å². The summed E-state index contributed by atoms with van der Waals surface area (Å²) in [7, 11) is -9.31. The van der Waals surface area contributed by atoms with Gasteiger partial charge in [0.15, 0.2) is 17.7 Å². The van der Waals surface area contributed by atoms with Crippen molar-refractivity contribution in [2.45, 2.75) is 24.5 Å². The Bertz CT molecular complexity index is 947. The van der Waals surface area contributed by atoms with E-state index in [1.54, 1.807) is 0 Å². The molecule has 166 valence electrons. The standard InChI is InChI=1S/C10H13N5O4.H3O4P.H2O4S/c11-8-5-9(13-2-12-8)15(3-14-5)10-7(18)6(17)4(1-16)19-10;2*1-5(2,3)4/h2-4,6-7,10,16-18H,1H2,(H2,11,12,13);(H3,1,2,3,4);(H2,1,2,3,4)/t4-,6-,7-,10-;;/m1../s1. The summed E-state index contributed by atoms with van der Waals surface area (Å²) >= 11 is 0. The minimum atomic E-state index is -4.67. The molecule has 1 fully saturated rings. The highest BCUT2D eigenvalue weighted by Crippen LogP contribution is 2.31. The van der Waals surface area contributed by atoms with Gasteiger partial charge in [0.05, 0.1) is 12.9 Å². The lowest BCUT2D eigenvalue weighted by molar-refractivity contribution is -0.0511. The van der Waals surface area contributed by atoms with Crippen LogP contribution in [0.3, 0.4) is 0 Å². The monoisotopic (exact) mass is 463 g/mol. The number of fused-ring (bicyclic) bond motifs is 1. The second-order valence-electron chi connectivity index (χ2n) is 5.27. The van der Waals surface area contributed by atoms with E-state index in [1.165, 1.54) is 17.2 Å². The number of aromatic nitrogens is 4. The van der Waals surface area contributed by atoms with Crippen LogP contribution in [0, 0.1) is 0 Å². The molecule has 10 N–H and O–H groups in total. The Morgan fingerprint density at radius 2 is 1.66 bits per heavy atom. The van der Waals surface area contributed by atoms with E-state index in [0.29, 0.717) is 11.2 Å². The van der Waals surface area contributed by atoms with Gasteiger partial charge in [0.1, 0.15) is 30.2 Å². The van der Waals surface area contributed by atoms with Crippen molar-refractivity contribution in [3.63, 3.8) is 0 Å². The Morgan fingerprint density at radius 3 is 2.10 bits per heavy atom. The summed E-state index contributed by atoms with van der Waals surface area (Å²) in [5, 5.41) is 28.7. The smallest absolute Gasteiger partial charge is 0.394 e. The summed E-state index contributed by atoms with van der Waals surface area (Å²) < 4.78 is 47.3. The Morgan fingerprint density at radius 1 is 1.14 bits per heavy atom. The molecule has 0 aromatic carbocycles. The van der Waals surface area contributed by atoms with Crippen LogP contribution in [0.4, 0.5) is 5.82 Å². The molecule has 0 bridgehead atoms. The molecule has 1 aliphatic rings. The lowest BCUT2D eigenvalue weighted by Gasteiger charge is -2.16. The van der Waals surface area contributed by atoms with Crippen LogP contribution in [0.2, 0.25) is 0 Å². The number of aliphatic hydroxyl groups is 3. The largest absolute Gasteiger partial charge is 0.466 e. The predicted octanol–water partition coefficient (Wildman–Crippen LogP) is -3.56. The van der Waals surface area contributed by atoms with Gasteiger partial charge in [0.25, 0.3) is 0 Å². The number of nitrogen functional groups attached to an aromatic ring is 1. The predicted molar refractivity (Wildman–Crippen MR) is 91.2 cm³/mol. The average molecular weight is 463 g/mol. The molecule has 1 saturated heterocycles. The zero-order valence-corrected chi connectivity index (χ0v) is 15.8. The maximum atomic E-state index is 9.95. The van der Waals surface area contributed by atoms with Crippen molar-refractivity contribution < 1.29 is 56.8 Å². The van der Waals surface area contributed by atoms with Crippen LogP contribution in [0.15, 0.2) is 12.7 Å². The number of hydrogen-bond donors (Lipinski definition) is 9. The molecule has 0 amide bonds. The van der Waals surface area contributed by atoms with Gasteiger partial charge in [-0.25, -0.2) is 19.5 Å². The normalized spacial score (nSPS) is 24.4. The van der Waals surface area contributed by atoms with Gasteiger partial charge in [-0.05, 0) is 0 Å². The van der Waals surface area contributed by atoms with Gasteiger partial charge in [-0.2, -0.15) is 8.42 Å². The van der Waals surface area contributed by atoms with Crippen LogP contribution in [-0.4, -0.2) is 92.0 Å². The van der Waals surface area contributed by atoms with Crippen molar-refractivity contribution in [1.29, 1.82) is 0 Å². The molecule has 2 aromatic heterocycles. The average Bonchev–Trinajstić information content (AvgIpc) is 3.08. The van der Waals surface area contributed by atoms with Gasteiger partial charge in [0.2, 0.25) is 0 Å². The molecule has 29 heavy (non-hydrogen) atoms. The Hall–Kier alpha value is -1.83. The fourth-order valence-electron chi connectivity index (χ4n) is 2.17. The van der Waals surface area contributed by atoms with Crippen molar-refractivity contribution in [3.8, 4) is 0 Å². The minimum Gasteiger partial charge on any atom is -0.394 e. The summed E-state index contributed by atoms with van der Waals surface area (Å²) in [5.74, 6) is 0.218. The molecule has 0 spiro atoms. The van der Waals surface area contributed by atoms with Gasteiger partial charge in [-0.1, -0.05) is 0 Å². The lowest BCUT2D eigenvalue weighted by atomic mass is 10.1. The van der Waals surface area contributed by atoms with E-state index in [4.69, 9.17) is 52.3 Å². The SMILES string of the molecule is Nc1ncnc2c1ncn2[C@@H]1O[C@H](CO)[C@@H](O)[C@H]1O.O=P(O)(O)O.O=S(=O)(O)O. The summed E-state index contributed by atoms with van der Waals surface area (Å²) in [5.41, 5.74) is 6.44. The van der Waals surface area contributed by atoms with Crippen LogP contribution in [-0.2, 0) is 19.7 Å². The van der Waals surface area contributed by atoms with Gasteiger partial charge in [0, 0.05) is 0 Å². The molecule has 0 radical (unpaired) electrons. The first-order chi connectivity index (χ1) is 13.1. The first-order valence-corrected chi connectivity index (χ1v) is 10.1. The summed E-state index contributed by atoms with van der Waals surface area (Å²) in [6.07, 6.45) is -1.42. The zero-order valence-electron chi connectivity index (χ0n) is 14.1. The van der Waals surface area contributed by atoms with Crippen molar-refractivity contribution in [2.75, 3.05) is 12.3 Å². The number of nitrogens with two attached hydrogens (primary N) is 1. The Labute approximate surface area is 161 Å². The van der Waals surface area contributed by atoms with Gasteiger partial charge < -0.3 is 40.5 Å². The van der Waals surface area contributed by atoms with E-state index in [9.17, 15) is 10.2 Å². The molecular weight excluding hydrogens is 445 g/mol. The maximum Gasteiger partial charge on any atom is 0.466 e. The highest BCUT2D eigenvalue weighted by molar-refractivity contribution is 7.79. The number of phosphoric acid groups is 1. The third-order valence-corrected chi connectivity index (χ3v) is 3.18. The minimum absolute atomic E-state index is 0.218. The third kappa shape index (κ3) is 8.20. The second kappa shape index (κ2) is 9.78. The number of hydrogen-bond acceptors (Lipinski definition) is 11. The highest BCUT2D eigenvalue weighted by Gasteiger charge is 2.43. The van der Waals surface area contributed by atoms with Crippen LogP contribution in [0.5, 0.6) is 0 Å². The zero-order chi connectivity index (χ0) is 22.6. The third-order valence-electron chi connectivity index (χ3n) is 3.18. The Balaban J connectivity index is 0.000000353. The van der Waals surface area contributed by atoms with E-state index in [0.717, 1.165) is 0 Å². The van der Waals surface area contributed by atoms with E-state index in [-0.39, 0.29) is 5.82 Å². The van der Waals surface area contributed by atoms with Crippen molar-refractivity contribution in [3.05, 3.63) is 12.7 Å². The van der Waals surface area contributed by atoms with Gasteiger partial charge in [-0.3, -0.25) is 13.7 Å². The molecule has 1 aliphatic heterocycles. The number of anilines is 1. The van der Waals surface area contributed by atoms with Crippen molar-refractivity contribution in [2.24, 2.45) is 0 Å². The molecule has 19 heteroatoms. The number of ether oxygens (including phenoxy) is 1.